The van der Waals surface area contributed by atoms with Crippen LogP contribution in [0.5, 0.6) is 0 Å². The van der Waals surface area contributed by atoms with Crippen LogP contribution in [0.3, 0.4) is 0 Å². The molecular weight excluding hydrogens is 218 g/mol. The average Bonchev–Trinajstić information content (AvgIpc) is 2.20. The molecule has 0 saturated heterocycles. The van der Waals surface area contributed by atoms with Crippen LogP contribution in [0.1, 0.15) is 13.3 Å². The second kappa shape index (κ2) is 8.55. The molecule has 0 aromatic heterocycles. The van der Waals surface area contributed by atoms with Gasteiger partial charge in [-0.2, -0.15) is 11.8 Å². The van der Waals surface area contributed by atoms with E-state index >= 15 is 0 Å². The molecule has 6 heteroatoms. The van der Waals surface area contributed by atoms with E-state index < -0.39 is 12.0 Å². The number of ether oxygens (including phenoxy) is 1. The Bertz CT molecular complexity index is 201. The van der Waals surface area contributed by atoms with Gasteiger partial charge in [0.05, 0.1) is 0 Å². The number of aliphatic carboxylic acids is 1. The van der Waals surface area contributed by atoms with E-state index in [0.717, 1.165) is 6.42 Å². The third-order valence-electron chi connectivity index (χ3n) is 1.84. The van der Waals surface area contributed by atoms with Gasteiger partial charge in [0, 0.05) is 24.7 Å². The van der Waals surface area contributed by atoms with Gasteiger partial charge in [-0.15, -0.1) is 0 Å². The summed E-state index contributed by atoms with van der Waals surface area (Å²) >= 11 is 1.51. The summed E-state index contributed by atoms with van der Waals surface area (Å²) in [7, 11) is 1.63. The minimum absolute atomic E-state index is 0.320. The first-order valence-corrected chi connectivity index (χ1v) is 5.69. The Labute approximate surface area is 93.6 Å². The van der Waals surface area contributed by atoms with Gasteiger partial charge < -0.3 is 15.2 Å². The summed E-state index contributed by atoms with van der Waals surface area (Å²) in [5, 5.41) is 11.3. The van der Waals surface area contributed by atoms with Crippen molar-refractivity contribution >= 4 is 24.1 Å². The Morgan fingerprint density at radius 3 is 2.80 bits per heavy atom. The first kappa shape index (κ1) is 14.2. The van der Waals surface area contributed by atoms with E-state index in [-0.39, 0.29) is 0 Å². The Balaban J connectivity index is 3.77. The number of methoxy groups -OCH3 is 1. The van der Waals surface area contributed by atoms with E-state index in [1.54, 1.807) is 7.11 Å². The molecule has 2 atom stereocenters. The highest BCUT2D eigenvalue weighted by molar-refractivity contribution is 7.99. The van der Waals surface area contributed by atoms with E-state index in [9.17, 15) is 9.59 Å². The van der Waals surface area contributed by atoms with Gasteiger partial charge in [-0.05, 0) is 6.42 Å². The van der Waals surface area contributed by atoms with Gasteiger partial charge in [0.25, 0.3) is 0 Å². The second-order valence-corrected chi connectivity index (χ2v) is 4.57. The molecule has 0 aliphatic carbocycles. The molecule has 2 N–H and O–H groups in total. The highest BCUT2D eigenvalue weighted by Gasteiger charge is 2.17. The molecule has 15 heavy (non-hydrogen) atoms. The van der Waals surface area contributed by atoms with E-state index in [1.807, 2.05) is 6.92 Å². The lowest BCUT2D eigenvalue weighted by Gasteiger charge is -2.14. The summed E-state index contributed by atoms with van der Waals surface area (Å²) in [6.45, 7) is 2.66. The number of carboxylic acid groups (broad SMARTS) is 1. The molecule has 1 amide bonds. The van der Waals surface area contributed by atoms with Crippen molar-refractivity contribution in [3.63, 3.8) is 0 Å². The molecule has 0 rings (SSSR count). The lowest BCUT2D eigenvalue weighted by molar-refractivity contribution is -0.139. The molecule has 0 bridgehead atoms. The van der Waals surface area contributed by atoms with Gasteiger partial charge in [-0.3, -0.25) is 4.79 Å². The second-order valence-electron chi connectivity index (χ2n) is 3.10. The number of nitrogens with one attached hydrogen (secondary N) is 1. The minimum atomic E-state index is -1.01. The smallest absolute Gasteiger partial charge is 0.327 e. The molecule has 0 heterocycles. The van der Waals surface area contributed by atoms with Gasteiger partial charge in [0.15, 0.2) is 0 Å². The molecule has 5 nitrogen and oxygen atoms in total. The Kier molecular flexibility index (Phi) is 8.12. The molecular formula is C9H17NO4S. The van der Waals surface area contributed by atoms with Crippen LogP contribution in [0.4, 0.5) is 0 Å². The Morgan fingerprint density at radius 2 is 2.33 bits per heavy atom. The molecule has 0 spiro atoms. The third-order valence-corrected chi connectivity index (χ3v) is 3.17. The molecule has 0 aliphatic rings. The monoisotopic (exact) mass is 235 g/mol. The number of carbonyl (C=O) groups excluding carboxylic acids is 1. The lowest BCUT2D eigenvalue weighted by atomic mass is 10.3. The van der Waals surface area contributed by atoms with E-state index in [0.29, 0.717) is 24.0 Å². The van der Waals surface area contributed by atoms with Crippen LogP contribution in [0.25, 0.3) is 0 Å². The summed E-state index contributed by atoms with van der Waals surface area (Å²) in [6.07, 6.45) is 1.29. The van der Waals surface area contributed by atoms with Crippen molar-refractivity contribution in [2.75, 3.05) is 19.5 Å². The largest absolute Gasteiger partial charge is 0.480 e. The van der Waals surface area contributed by atoms with Crippen LogP contribution < -0.4 is 5.32 Å². The van der Waals surface area contributed by atoms with Crippen molar-refractivity contribution in [1.82, 2.24) is 5.32 Å². The fraction of sp³-hybridized carbons (Fsp3) is 0.778. The zero-order chi connectivity index (χ0) is 11.7. The zero-order valence-corrected chi connectivity index (χ0v) is 9.75. The van der Waals surface area contributed by atoms with E-state index in [2.05, 4.69) is 5.32 Å². The van der Waals surface area contributed by atoms with Gasteiger partial charge in [0.2, 0.25) is 6.41 Å². The first-order chi connectivity index (χ1) is 7.11. The number of carbonyl (C=O) groups is 2. The van der Waals surface area contributed by atoms with Gasteiger partial charge in [-0.1, -0.05) is 6.92 Å². The van der Waals surface area contributed by atoms with Crippen molar-refractivity contribution in [3.05, 3.63) is 0 Å². The fourth-order valence-corrected chi connectivity index (χ4v) is 1.92. The zero-order valence-electron chi connectivity index (χ0n) is 8.93. The van der Waals surface area contributed by atoms with Crippen molar-refractivity contribution in [1.29, 1.82) is 0 Å². The van der Waals surface area contributed by atoms with Crippen molar-refractivity contribution in [2.24, 2.45) is 0 Å². The number of thioether (sulfide) groups is 1. The van der Waals surface area contributed by atoms with Crippen LogP contribution in [0.15, 0.2) is 0 Å². The number of carboxylic acids is 1. The molecule has 0 aliphatic heterocycles. The molecule has 0 saturated carbocycles. The van der Waals surface area contributed by atoms with Crippen LogP contribution in [0, 0.1) is 0 Å². The van der Waals surface area contributed by atoms with Crippen LogP contribution >= 0.6 is 11.8 Å². The van der Waals surface area contributed by atoms with Crippen molar-refractivity contribution < 1.29 is 19.4 Å². The van der Waals surface area contributed by atoms with Crippen molar-refractivity contribution in [2.45, 2.75) is 24.6 Å². The highest BCUT2D eigenvalue weighted by Crippen LogP contribution is 2.15. The predicted octanol–water partition coefficient (Wildman–Crippen LogP) is 0.344. The maximum Gasteiger partial charge on any atom is 0.327 e. The summed E-state index contributed by atoms with van der Waals surface area (Å²) in [5.74, 6) is -0.632. The maximum absolute atomic E-state index is 10.7. The minimum Gasteiger partial charge on any atom is -0.480 e. The summed E-state index contributed by atoms with van der Waals surface area (Å²) in [6, 6.07) is -0.808. The topological polar surface area (TPSA) is 75.6 Å². The maximum atomic E-state index is 10.7. The molecule has 0 aromatic rings. The van der Waals surface area contributed by atoms with Gasteiger partial charge in [0.1, 0.15) is 6.04 Å². The molecule has 0 fully saturated rings. The van der Waals surface area contributed by atoms with Crippen LogP contribution in [0.2, 0.25) is 0 Å². The van der Waals surface area contributed by atoms with Gasteiger partial charge >= 0.3 is 5.97 Å². The average molecular weight is 235 g/mol. The number of rotatable bonds is 9. The van der Waals surface area contributed by atoms with Gasteiger partial charge in [-0.25, -0.2) is 4.79 Å². The van der Waals surface area contributed by atoms with Crippen molar-refractivity contribution in [3.8, 4) is 0 Å². The Hall–Kier alpha value is -0.750. The van der Waals surface area contributed by atoms with Crippen LogP contribution in [-0.2, 0) is 14.3 Å². The fourth-order valence-electron chi connectivity index (χ4n) is 0.900. The molecule has 0 radical (unpaired) electrons. The molecule has 0 aromatic carbocycles. The summed E-state index contributed by atoms with van der Waals surface area (Å²) < 4.78 is 4.91. The lowest BCUT2D eigenvalue weighted by Crippen LogP contribution is -2.38. The number of hydrogen-bond acceptors (Lipinski definition) is 4. The summed E-state index contributed by atoms with van der Waals surface area (Å²) in [4.78, 5) is 20.8. The van der Waals surface area contributed by atoms with E-state index in [1.165, 1.54) is 11.8 Å². The third kappa shape index (κ3) is 7.21. The first-order valence-electron chi connectivity index (χ1n) is 4.64. The predicted molar refractivity (Wildman–Crippen MR) is 59.0 cm³/mol. The van der Waals surface area contributed by atoms with E-state index in [4.69, 9.17) is 9.84 Å². The number of hydrogen-bond donors (Lipinski definition) is 2. The quantitative estimate of drug-likeness (QED) is 0.564. The molecule has 88 valence electrons. The Morgan fingerprint density at radius 1 is 1.67 bits per heavy atom. The molecule has 2 unspecified atom stereocenters. The summed E-state index contributed by atoms with van der Waals surface area (Å²) in [5.41, 5.74) is 0. The SMILES string of the molecule is COCCC(C)SCC(NC=O)C(=O)O. The standard InChI is InChI=1S/C9H17NO4S/c1-7(3-4-14-2)15-5-8(9(12)13)10-6-11/h6-8H,3-5H2,1-2H3,(H,10,11)(H,12,13). The normalized spacial score (nSPS) is 14.3. The number of amides is 1. The van der Waals surface area contributed by atoms with Crippen LogP contribution in [-0.4, -0.2) is 48.2 Å². The highest BCUT2D eigenvalue weighted by atomic mass is 32.2.